The molecule has 0 aliphatic heterocycles. The molecular formula is C14H18N2. The summed E-state index contributed by atoms with van der Waals surface area (Å²) in [5.74, 6) is 0. The minimum Gasteiger partial charge on any atom is -0.398 e. The maximum absolute atomic E-state index is 6.04. The van der Waals surface area contributed by atoms with Crippen LogP contribution in [0.1, 0.15) is 25.3 Å². The molecule has 2 aromatic rings. The summed E-state index contributed by atoms with van der Waals surface area (Å²) in [5, 5.41) is 2.24. The van der Waals surface area contributed by atoms with Gasteiger partial charge in [0.25, 0.3) is 0 Å². The second-order valence-corrected chi connectivity index (χ2v) is 4.22. The Bertz CT molecular complexity index is 503. The first-order chi connectivity index (χ1) is 7.72. The summed E-state index contributed by atoms with van der Waals surface area (Å²) in [6.45, 7) is 2.19. The van der Waals surface area contributed by atoms with E-state index in [1.165, 1.54) is 23.8 Å². The van der Waals surface area contributed by atoms with Gasteiger partial charge >= 0.3 is 0 Å². The van der Waals surface area contributed by atoms with Crippen LogP contribution >= 0.6 is 0 Å². The summed E-state index contributed by atoms with van der Waals surface area (Å²) >= 11 is 0. The number of hydrogen-bond donors (Lipinski definition) is 2. The molecule has 0 radical (unpaired) electrons. The smallest absolute Gasteiger partial charge is 0.0394 e. The highest BCUT2D eigenvalue weighted by Crippen LogP contribution is 2.27. The van der Waals surface area contributed by atoms with Crippen molar-refractivity contribution < 1.29 is 0 Å². The fourth-order valence-corrected chi connectivity index (χ4v) is 2.00. The van der Waals surface area contributed by atoms with E-state index in [0.29, 0.717) is 0 Å². The average Bonchev–Trinajstić information content (AvgIpc) is 2.28. The first-order valence-electron chi connectivity index (χ1n) is 5.79. The number of rotatable bonds is 3. The summed E-state index contributed by atoms with van der Waals surface area (Å²) in [6, 6.07) is 10.1. The minimum atomic E-state index is 0.797. The number of unbranched alkanes of at least 4 members (excludes halogenated alkanes) is 1. The highest BCUT2D eigenvalue weighted by molar-refractivity contribution is 5.95. The SMILES string of the molecule is CCCCc1cc2cccc(N)c2cc1N. The van der Waals surface area contributed by atoms with Gasteiger partial charge in [-0.15, -0.1) is 0 Å². The Morgan fingerprint density at radius 1 is 1.06 bits per heavy atom. The van der Waals surface area contributed by atoms with Gasteiger partial charge in [-0.05, 0) is 42.0 Å². The van der Waals surface area contributed by atoms with Crippen LogP contribution in [0.5, 0.6) is 0 Å². The Kier molecular flexibility index (Phi) is 3.00. The first-order valence-corrected chi connectivity index (χ1v) is 5.79. The van der Waals surface area contributed by atoms with E-state index in [-0.39, 0.29) is 0 Å². The van der Waals surface area contributed by atoms with Crippen molar-refractivity contribution in [2.45, 2.75) is 26.2 Å². The van der Waals surface area contributed by atoms with Gasteiger partial charge in [-0.2, -0.15) is 0 Å². The number of nitrogen functional groups attached to an aromatic ring is 2. The van der Waals surface area contributed by atoms with Gasteiger partial charge in [0.2, 0.25) is 0 Å². The molecule has 0 spiro atoms. The lowest BCUT2D eigenvalue weighted by Gasteiger charge is -2.09. The highest BCUT2D eigenvalue weighted by atomic mass is 14.6. The monoisotopic (exact) mass is 214 g/mol. The van der Waals surface area contributed by atoms with Crippen molar-refractivity contribution >= 4 is 22.1 Å². The second kappa shape index (κ2) is 4.44. The summed E-state index contributed by atoms with van der Waals surface area (Å²) in [5.41, 5.74) is 14.9. The maximum atomic E-state index is 6.04. The Hall–Kier alpha value is -1.70. The van der Waals surface area contributed by atoms with Gasteiger partial charge in [0.15, 0.2) is 0 Å². The van der Waals surface area contributed by atoms with E-state index in [9.17, 15) is 0 Å². The minimum absolute atomic E-state index is 0.797. The van der Waals surface area contributed by atoms with E-state index in [0.717, 1.165) is 23.2 Å². The standard InChI is InChI=1S/C14H18N2/c1-2-3-5-11-8-10-6-4-7-13(15)12(10)9-14(11)16/h4,6-9H,2-3,5,15-16H2,1H3. The Morgan fingerprint density at radius 3 is 2.62 bits per heavy atom. The van der Waals surface area contributed by atoms with Crippen molar-refractivity contribution in [2.24, 2.45) is 0 Å². The molecule has 0 aromatic heterocycles. The zero-order valence-corrected chi connectivity index (χ0v) is 9.66. The maximum Gasteiger partial charge on any atom is 0.0394 e. The summed E-state index contributed by atoms with van der Waals surface area (Å²) in [6.07, 6.45) is 3.42. The molecule has 0 saturated carbocycles. The van der Waals surface area contributed by atoms with E-state index >= 15 is 0 Å². The van der Waals surface area contributed by atoms with Crippen LogP contribution in [0.3, 0.4) is 0 Å². The predicted octanol–water partition coefficient (Wildman–Crippen LogP) is 3.35. The largest absolute Gasteiger partial charge is 0.398 e. The molecule has 84 valence electrons. The van der Waals surface area contributed by atoms with Gasteiger partial charge in [0.05, 0.1) is 0 Å². The number of fused-ring (bicyclic) bond motifs is 1. The number of benzene rings is 2. The van der Waals surface area contributed by atoms with Crippen LogP contribution in [0, 0.1) is 0 Å². The normalized spacial score (nSPS) is 10.8. The van der Waals surface area contributed by atoms with Crippen LogP contribution in [0.15, 0.2) is 30.3 Å². The van der Waals surface area contributed by atoms with Crippen molar-refractivity contribution in [1.82, 2.24) is 0 Å². The van der Waals surface area contributed by atoms with Crippen LogP contribution < -0.4 is 11.5 Å². The fourth-order valence-electron chi connectivity index (χ4n) is 2.00. The van der Waals surface area contributed by atoms with Crippen LogP contribution in [-0.2, 0) is 6.42 Å². The van der Waals surface area contributed by atoms with E-state index in [1.807, 2.05) is 18.2 Å². The Morgan fingerprint density at radius 2 is 1.88 bits per heavy atom. The van der Waals surface area contributed by atoms with Gasteiger partial charge in [-0.25, -0.2) is 0 Å². The lowest BCUT2D eigenvalue weighted by Crippen LogP contribution is -1.96. The van der Waals surface area contributed by atoms with Crippen LogP contribution in [0.4, 0.5) is 11.4 Å². The number of nitrogens with two attached hydrogens (primary N) is 2. The van der Waals surface area contributed by atoms with Gasteiger partial charge < -0.3 is 11.5 Å². The van der Waals surface area contributed by atoms with Gasteiger partial charge in [-0.1, -0.05) is 25.5 Å². The summed E-state index contributed by atoms with van der Waals surface area (Å²) < 4.78 is 0. The zero-order valence-electron chi connectivity index (χ0n) is 9.66. The molecule has 2 rings (SSSR count). The lowest BCUT2D eigenvalue weighted by molar-refractivity contribution is 0.797. The summed E-state index contributed by atoms with van der Waals surface area (Å²) in [4.78, 5) is 0. The first kappa shape index (κ1) is 10.8. The third kappa shape index (κ3) is 1.96. The van der Waals surface area contributed by atoms with Crippen LogP contribution in [-0.4, -0.2) is 0 Å². The third-order valence-electron chi connectivity index (χ3n) is 2.97. The van der Waals surface area contributed by atoms with Crippen LogP contribution in [0.25, 0.3) is 10.8 Å². The van der Waals surface area contributed by atoms with Crippen molar-refractivity contribution in [2.75, 3.05) is 11.5 Å². The van der Waals surface area contributed by atoms with Gasteiger partial charge in [0, 0.05) is 16.8 Å². The van der Waals surface area contributed by atoms with Crippen molar-refractivity contribution in [3.05, 3.63) is 35.9 Å². The van der Waals surface area contributed by atoms with Gasteiger partial charge in [0.1, 0.15) is 0 Å². The molecule has 16 heavy (non-hydrogen) atoms. The fraction of sp³-hybridized carbons (Fsp3) is 0.286. The molecule has 0 atom stereocenters. The molecular weight excluding hydrogens is 196 g/mol. The van der Waals surface area contributed by atoms with E-state index in [4.69, 9.17) is 11.5 Å². The third-order valence-corrected chi connectivity index (χ3v) is 2.97. The Balaban J connectivity index is 2.50. The molecule has 0 saturated heterocycles. The molecule has 2 aromatic carbocycles. The average molecular weight is 214 g/mol. The zero-order chi connectivity index (χ0) is 11.5. The molecule has 2 nitrogen and oxygen atoms in total. The van der Waals surface area contributed by atoms with Crippen LogP contribution in [0.2, 0.25) is 0 Å². The number of anilines is 2. The van der Waals surface area contributed by atoms with E-state index in [1.54, 1.807) is 0 Å². The predicted molar refractivity (Wildman–Crippen MR) is 71.4 cm³/mol. The molecule has 0 bridgehead atoms. The molecule has 0 heterocycles. The lowest BCUT2D eigenvalue weighted by atomic mass is 10.0. The molecule has 4 N–H and O–H groups in total. The quantitative estimate of drug-likeness (QED) is 0.770. The van der Waals surface area contributed by atoms with E-state index < -0.39 is 0 Å². The van der Waals surface area contributed by atoms with Crippen molar-refractivity contribution in [3.63, 3.8) is 0 Å². The van der Waals surface area contributed by atoms with Gasteiger partial charge in [-0.3, -0.25) is 0 Å². The molecule has 0 fully saturated rings. The molecule has 0 amide bonds. The topological polar surface area (TPSA) is 52.0 Å². The summed E-state index contributed by atoms with van der Waals surface area (Å²) in [7, 11) is 0. The molecule has 0 aliphatic rings. The van der Waals surface area contributed by atoms with Crippen molar-refractivity contribution in [1.29, 1.82) is 0 Å². The highest BCUT2D eigenvalue weighted by Gasteiger charge is 2.03. The molecule has 0 unspecified atom stereocenters. The molecule has 2 heteroatoms. The molecule has 0 aliphatic carbocycles. The Labute approximate surface area is 96.3 Å². The second-order valence-electron chi connectivity index (χ2n) is 4.22. The van der Waals surface area contributed by atoms with Crippen molar-refractivity contribution in [3.8, 4) is 0 Å². The van der Waals surface area contributed by atoms with E-state index in [2.05, 4.69) is 19.1 Å². The number of hydrogen-bond acceptors (Lipinski definition) is 2. The number of aryl methyl sites for hydroxylation is 1.